The molecule has 1 aromatic carbocycles. The summed E-state index contributed by atoms with van der Waals surface area (Å²) in [4.78, 5) is 11.2. The SMILES string of the molecule is c1ccc2sc(Nc3cc4c(nn3)N(c3nccs3)CCC4)nc2c1. The van der Waals surface area contributed by atoms with Crippen LogP contribution in [0.4, 0.5) is 21.9 Å². The smallest absolute Gasteiger partial charge is 0.190 e. The lowest BCUT2D eigenvalue weighted by Crippen LogP contribution is -2.26. The van der Waals surface area contributed by atoms with E-state index < -0.39 is 0 Å². The lowest BCUT2D eigenvalue weighted by atomic mass is 10.1. The molecule has 0 atom stereocenters. The number of rotatable bonds is 3. The van der Waals surface area contributed by atoms with Gasteiger partial charge in [0.25, 0.3) is 0 Å². The number of fused-ring (bicyclic) bond motifs is 2. The van der Waals surface area contributed by atoms with Gasteiger partial charge in [-0.3, -0.25) is 0 Å². The molecule has 124 valence electrons. The third kappa shape index (κ3) is 2.73. The fourth-order valence-corrected chi connectivity index (χ4v) is 4.54. The number of aryl methyl sites for hydroxylation is 1. The van der Waals surface area contributed by atoms with Gasteiger partial charge >= 0.3 is 0 Å². The first-order chi connectivity index (χ1) is 12.4. The first kappa shape index (κ1) is 14.7. The number of hydrogen-bond donors (Lipinski definition) is 1. The molecule has 4 aromatic rings. The standard InChI is InChI=1S/C17H14N6S2/c1-2-6-13-12(5-1)19-16(25-13)20-14-10-11-4-3-8-23(15(11)22-21-14)17-18-7-9-24-17/h1-2,5-7,9-10H,3-4,8H2,(H,19,20,21). The third-order valence-electron chi connectivity index (χ3n) is 4.11. The largest absolute Gasteiger partial charge is 0.315 e. The highest BCUT2D eigenvalue weighted by Gasteiger charge is 2.22. The highest BCUT2D eigenvalue weighted by Crippen LogP contribution is 2.34. The topological polar surface area (TPSA) is 66.8 Å². The van der Waals surface area contributed by atoms with Gasteiger partial charge in [-0.25, -0.2) is 9.97 Å². The summed E-state index contributed by atoms with van der Waals surface area (Å²) in [6, 6.07) is 10.2. The maximum Gasteiger partial charge on any atom is 0.190 e. The first-order valence-electron chi connectivity index (χ1n) is 8.03. The Morgan fingerprint density at radius 1 is 1.16 bits per heavy atom. The first-order valence-corrected chi connectivity index (χ1v) is 9.73. The van der Waals surface area contributed by atoms with Crippen LogP contribution in [0.1, 0.15) is 12.0 Å². The number of para-hydroxylation sites is 1. The molecule has 5 rings (SSSR count). The van der Waals surface area contributed by atoms with Crippen molar-refractivity contribution in [2.24, 2.45) is 0 Å². The number of thiazole rings is 2. The monoisotopic (exact) mass is 366 g/mol. The summed E-state index contributed by atoms with van der Waals surface area (Å²) in [6.45, 7) is 0.930. The van der Waals surface area contributed by atoms with Gasteiger partial charge < -0.3 is 10.2 Å². The van der Waals surface area contributed by atoms with Crippen LogP contribution in [0.3, 0.4) is 0 Å². The molecule has 1 aliphatic rings. The molecule has 0 bridgehead atoms. The minimum absolute atomic E-state index is 0.735. The van der Waals surface area contributed by atoms with Crippen molar-refractivity contribution < 1.29 is 0 Å². The zero-order valence-corrected chi connectivity index (χ0v) is 14.8. The minimum Gasteiger partial charge on any atom is -0.315 e. The molecule has 1 N–H and O–H groups in total. The average molecular weight is 366 g/mol. The van der Waals surface area contributed by atoms with Crippen LogP contribution in [0.5, 0.6) is 0 Å². The summed E-state index contributed by atoms with van der Waals surface area (Å²) in [7, 11) is 0. The predicted octanol–water partition coefficient (Wildman–Crippen LogP) is 4.37. The zero-order chi connectivity index (χ0) is 16.6. The number of anilines is 4. The van der Waals surface area contributed by atoms with Crippen molar-refractivity contribution in [3.8, 4) is 0 Å². The van der Waals surface area contributed by atoms with E-state index in [-0.39, 0.29) is 0 Å². The highest BCUT2D eigenvalue weighted by atomic mass is 32.1. The van der Waals surface area contributed by atoms with Gasteiger partial charge in [-0.1, -0.05) is 23.5 Å². The van der Waals surface area contributed by atoms with Crippen molar-refractivity contribution in [2.75, 3.05) is 16.8 Å². The fraction of sp³-hybridized carbons (Fsp3) is 0.176. The predicted molar refractivity (Wildman–Crippen MR) is 102 cm³/mol. The van der Waals surface area contributed by atoms with Crippen LogP contribution in [-0.2, 0) is 6.42 Å². The van der Waals surface area contributed by atoms with Crippen LogP contribution in [0.25, 0.3) is 10.2 Å². The zero-order valence-electron chi connectivity index (χ0n) is 13.2. The van der Waals surface area contributed by atoms with Crippen molar-refractivity contribution in [3.63, 3.8) is 0 Å². The number of hydrogen-bond acceptors (Lipinski definition) is 8. The second kappa shape index (κ2) is 6.05. The van der Waals surface area contributed by atoms with E-state index in [4.69, 9.17) is 0 Å². The number of aromatic nitrogens is 4. The molecule has 0 amide bonds. The maximum atomic E-state index is 4.60. The molecule has 1 aliphatic heterocycles. The second-order valence-electron chi connectivity index (χ2n) is 5.76. The molecule has 0 radical (unpaired) electrons. The van der Waals surface area contributed by atoms with E-state index in [1.165, 1.54) is 5.56 Å². The quantitative estimate of drug-likeness (QED) is 0.581. The van der Waals surface area contributed by atoms with Gasteiger partial charge in [0, 0.05) is 23.7 Å². The Labute approximate surface area is 152 Å². The Morgan fingerprint density at radius 2 is 2.12 bits per heavy atom. The van der Waals surface area contributed by atoms with Gasteiger partial charge in [-0.2, -0.15) is 0 Å². The maximum absolute atomic E-state index is 4.60. The Morgan fingerprint density at radius 3 is 3.00 bits per heavy atom. The van der Waals surface area contributed by atoms with E-state index in [2.05, 4.69) is 42.5 Å². The molecular weight excluding hydrogens is 352 g/mol. The van der Waals surface area contributed by atoms with Crippen LogP contribution < -0.4 is 10.2 Å². The minimum atomic E-state index is 0.735. The van der Waals surface area contributed by atoms with Gasteiger partial charge in [0.2, 0.25) is 0 Å². The van der Waals surface area contributed by atoms with Crippen molar-refractivity contribution in [2.45, 2.75) is 12.8 Å². The molecule has 0 spiro atoms. The molecular formula is C17H14N6S2. The van der Waals surface area contributed by atoms with E-state index in [1.807, 2.05) is 29.8 Å². The molecule has 0 saturated heterocycles. The van der Waals surface area contributed by atoms with Gasteiger partial charge in [-0.15, -0.1) is 21.5 Å². The Hall–Kier alpha value is -2.58. The normalized spacial score (nSPS) is 13.8. The van der Waals surface area contributed by atoms with E-state index in [9.17, 15) is 0 Å². The number of nitrogens with one attached hydrogen (secondary N) is 1. The van der Waals surface area contributed by atoms with E-state index in [1.54, 1.807) is 22.7 Å². The molecule has 3 aromatic heterocycles. The summed E-state index contributed by atoms with van der Waals surface area (Å²) < 4.78 is 1.16. The molecule has 0 aliphatic carbocycles. The van der Waals surface area contributed by atoms with Crippen molar-refractivity contribution >= 4 is 54.8 Å². The van der Waals surface area contributed by atoms with Crippen LogP contribution in [-0.4, -0.2) is 26.7 Å². The van der Waals surface area contributed by atoms with Crippen molar-refractivity contribution in [1.82, 2.24) is 20.2 Å². The van der Waals surface area contributed by atoms with Crippen LogP contribution in [0.2, 0.25) is 0 Å². The summed E-state index contributed by atoms with van der Waals surface area (Å²) >= 11 is 3.24. The average Bonchev–Trinajstić information content (AvgIpc) is 3.30. The van der Waals surface area contributed by atoms with Crippen LogP contribution in [0, 0.1) is 0 Å². The molecule has 4 heterocycles. The van der Waals surface area contributed by atoms with Crippen LogP contribution >= 0.6 is 22.7 Å². The molecule has 0 saturated carbocycles. The Balaban J connectivity index is 1.46. The van der Waals surface area contributed by atoms with E-state index in [0.717, 1.165) is 51.5 Å². The highest BCUT2D eigenvalue weighted by molar-refractivity contribution is 7.22. The summed E-state index contributed by atoms with van der Waals surface area (Å²) in [5.41, 5.74) is 2.19. The van der Waals surface area contributed by atoms with E-state index >= 15 is 0 Å². The van der Waals surface area contributed by atoms with Gasteiger partial charge in [-0.05, 0) is 31.0 Å². The van der Waals surface area contributed by atoms with Gasteiger partial charge in [0.05, 0.1) is 10.2 Å². The molecule has 0 fully saturated rings. The lowest BCUT2D eigenvalue weighted by molar-refractivity contribution is 0.738. The number of nitrogens with zero attached hydrogens (tertiary/aromatic N) is 5. The number of benzene rings is 1. The van der Waals surface area contributed by atoms with Crippen LogP contribution in [0.15, 0.2) is 41.9 Å². The lowest BCUT2D eigenvalue weighted by Gasteiger charge is -2.27. The van der Waals surface area contributed by atoms with E-state index in [0.29, 0.717) is 0 Å². The van der Waals surface area contributed by atoms with Crippen molar-refractivity contribution in [1.29, 1.82) is 0 Å². The summed E-state index contributed by atoms with van der Waals surface area (Å²) in [6.07, 6.45) is 3.91. The third-order valence-corrected chi connectivity index (χ3v) is 5.86. The summed E-state index contributed by atoms with van der Waals surface area (Å²) in [5.74, 6) is 1.65. The van der Waals surface area contributed by atoms with Crippen molar-refractivity contribution in [3.05, 3.63) is 47.5 Å². The molecule has 8 heteroatoms. The molecule has 25 heavy (non-hydrogen) atoms. The Kier molecular flexibility index (Phi) is 3.57. The molecule has 0 unspecified atom stereocenters. The fourth-order valence-electron chi connectivity index (χ4n) is 3.00. The molecule has 6 nitrogen and oxygen atoms in total. The Bertz CT molecular complexity index is 994. The second-order valence-corrected chi connectivity index (χ2v) is 7.66. The van der Waals surface area contributed by atoms with Gasteiger partial charge in [0.15, 0.2) is 21.9 Å². The summed E-state index contributed by atoms with van der Waals surface area (Å²) in [5, 5.41) is 15.9. The van der Waals surface area contributed by atoms with Gasteiger partial charge in [0.1, 0.15) is 0 Å².